The smallest absolute Gasteiger partial charge is 0.227 e. The molecule has 2 amide bonds. The van der Waals surface area contributed by atoms with Crippen LogP contribution in [0.25, 0.3) is 0 Å². The van der Waals surface area contributed by atoms with Gasteiger partial charge in [-0.05, 0) is 24.5 Å². The van der Waals surface area contributed by atoms with Crippen LogP contribution >= 0.6 is 0 Å². The van der Waals surface area contributed by atoms with Crippen molar-refractivity contribution in [2.45, 2.75) is 33.1 Å². The molecule has 0 saturated carbocycles. The Hall–Kier alpha value is -2.04. The van der Waals surface area contributed by atoms with Gasteiger partial charge in [-0.3, -0.25) is 9.59 Å². The van der Waals surface area contributed by atoms with E-state index in [-0.39, 0.29) is 11.8 Å². The molecule has 1 heterocycles. The SMILES string of the molecule is COc1cc(NC(=O)CC(C)C)ccc1N1CCCC1=O. The lowest BCUT2D eigenvalue weighted by atomic mass is 10.1. The molecule has 21 heavy (non-hydrogen) atoms. The van der Waals surface area contributed by atoms with Crippen LogP contribution in [0.1, 0.15) is 33.1 Å². The summed E-state index contributed by atoms with van der Waals surface area (Å²) in [6.45, 7) is 4.72. The van der Waals surface area contributed by atoms with Crippen molar-refractivity contribution in [2.24, 2.45) is 5.92 Å². The summed E-state index contributed by atoms with van der Waals surface area (Å²) in [4.78, 5) is 25.4. The number of benzene rings is 1. The summed E-state index contributed by atoms with van der Waals surface area (Å²) < 4.78 is 5.36. The molecule has 0 atom stereocenters. The number of ether oxygens (including phenoxy) is 1. The van der Waals surface area contributed by atoms with Crippen LogP contribution in [0.4, 0.5) is 11.4 Å². The van der Waals surface area contributed by atoms with Crippen LogP contribution in [0.3, 0.4) is 0 Å². The zero-order valence-electron chi connectivity index (χ0n) is 12.8. The van der Waals surface area contributed by atoms with Crippen molar-refractivity contribution in [3.05, 3.63) is 18.2 Å². The molecule has 1 fully saturated rings. The molecule has 1 saturated heterocycles. The first kappa shape index (κ1) is 15.4. The number of methoxy groups -OCH3 is 1. The van der Waals surface area contributed by atoms with Gasteiger partial charge >= 0.3 is 0 Å². The second-order valence-corrected chi connectivity index (χ2v) is 5.68. The second kappa shape index (κ2) is 6.61. The number of nitrogens with zero attached hydrogens (tertiary/aromatic N) is 1. The molecule has 114 valence electrons. The van der Waals surface area contributed by atoms with E-state index in [2.05, 4.69) is 5.32 Å². The van der Waals surface area contributed by atoms with E-state index in [1.165, 1.54) is 0 Å². The van der Waals surface area contributed by atoms with E-state index in [4.69, 9.17) is 4.74 Å². The molecule has 0 radical (unpaired) electrons. The maximum Gasteiger partial charge on any atom is 0.227 e. The number of amides is 2. The largest absolute Gasteiger partial charge is 0.494 e. The second-order valence-electron chi connectivity index (χ2n) is 5.68. The molecule has 0 spiro atoms. The van der Waals surface area contributed by atoms with Crippen LogP contribution in [0.5, 0.6) is 5.75 Å². The van der Waals surface area contributed by atoms with Gasteiger partial charge in [-0.15, -0.1) is 0 Å². The quantitative estimate of drug-likeness (QED) is 0.907. The molecule has 0 aliphatic carbocycles. The third kappa shape index (κ3) is 3.74. The van der Waals surface area contributed by atoms with Gasteiger partial charge in [0, 0.05) is 31.1 Å². The Morgan fingerprint density at radius 3 is 2.76 bits per heavy atom. The lowest BCUT2D eigenvalue weighted by Gasteiger charge is -2.19. The fourth-order valence-electron chi connectivity index (χ4n) is 2.46. The molecule has 1 N–H and O–H groups in total. The normalized spacial score (nSPS) is 14.7. The molecule has 5 heteroatoms. The number of hydrogen-bond donors (Lipinski definition) is 1. The van der Waals surface area contributed by atoms with Gasteiger partial charge in [0.15, 0.2) is 0 Å². The van der Waals surface area contributed by atoms with Crippen LogP contribution in [0.2, 0.25) is 0 Å². The highest BCUT2D eigenvalue weighted by molar-refractivity contribution is 5.97. The van der Waals surface area contributed by atoms with E-state index in [0.717, 1.165) is 12.1 Å². The third-order valence-electron chi connectivity index (χ3n) is 3.42. The zero-order chi connectivity index (χ0) is 15.4. The van der Waals surface area contributed by atoms with Gasteiger partial charge in [-0.25, -0.2) is 0 Å². The van der Waals surface area contributed by atoms with Gasteiger partial charge in [0.05, 0.1) is 12.8 Å². The fraction of sp³-hybridized carbons (Fsp3) is 0.500. The van der Waals surface area contributed by atoms with E-state index in [1.54, 1.807) is 18.1 Å². The predicted molar refractivity (Wildman–Crippen MR) is 82.7 cm³/mol. The van der Waals surface area contributed by atoms with Crippen molar-refractivity contribution in [3.8, 4) is 5.75 Å². The Kier molecular flexibility index (Phi) is 4.83. The molecule has 1 aromatic carbocycles. The van der Waals surface area contributed by atoms with Crippen LogP contribution in [-0.4, -0.2) is 25.5 Å². The van der Waals surface area contributed by atoms with E-state index in [0.29, 0.717) is 36.7 Å². The number of carbonyl (C=O) groups excluding carboxylic acids is 2. The van der Waals surface area contributed by atoms with Crippen molar-refractivity contribution < 1.29 is 14.3 Å². The van der Waals surface area contributed by atoms with Gasteiger partial charge in [-0.2, -0.15) is 0 Å². The minimum Gasteiger partial charge on any atom is -0.494 e. The standard InChI is InChI=1S/C16H22N2O3/c1-11(2)9-15(19)17-12-6-7-13(14(10-12)21-3)18-8-4-5-16(18)20/h6-7,10-11H,4-5,8-9H2,1-3H3,(H,17,19). The molecule has 2 rings (SSSR count). The summed E-state index contributed by atoms with van der Waals surface area (Å²) in [7, 11) is 1.57. The maximum absolute atomic E-state index is 11.8. The Morgan fingerprint density at radius 1 is 1.43 bits per heavy atom. The third-order valence-corrected chi connectivity index (χ3v) is 3.42. The molecule has 1 aromatic rings. The van der Waals surface area contributed by atoms with Crippen LogP contribution in [0.15, 0.2) is 18.2 Å². The van der Waals surface area contributed by atoms with Crippen LogP contribution < -0.4 is 15.0 Å². The molecular weight excluding hydrogens is 268 g/mol. The first-order chi connectivity index (χ1) is 10.0. The highest BCUT2D eigenvalue weighted by Gasteiger charge is 2.24. The number of rotatable bonds is 5. The monoisotopic (exact) mass is 290 g/mol. The molecule has 1 aliphatic heterocycles. The average molecular weight is 290 g/mol. The van der Waals surface area contributed by atoms with Gasteiger partial charge in [0.1, 0.15) is 5.75 Å². The topological polar surface area (TPSA) is 58.6 Å². The number of anilines is 2. The van der Waals surface area contributed by atoms with Gasteiger partial charge in [0.25, 0.3) is 0 Å². The molecule has 0 bridgehead atoms. The fourth-order valence-corrected chi connectivity index (χ4v) is 2.46. The predicted octanol–water partition coefficient (Wildman–Crippen LogP) is 2.81. The Morgan fingerprint density at radius 2 is 2.19 bits per heavy atom. The first-order valence-electron chi connectivity index (χ1n) is 7.29. The highest BCUT2D eigenvalue weighted by atomic mass is 16.5. The van der Waals surface area contributed by atoms with Crippen molar-refractivity contribution >= 4 is 23.2 Å². The van der Waals surface area contributed by atoms with Crippen LogP contribution in [0, 0.1) is 5.92 Å². The van der Waals surface area contributed by atoms with Crippen molar-refractivity contribution in [3.63, 3.8) is 0 Å². The average Bonchev–Trinajstić information content (AvgIpc) is 2.83. The lowest BCUT2D eigenvalue weighted by molar-refractivity contribution is -0.117. The molecule has 5 nitrogen and oxygen atoms in total. The minimum absolute atomic E-state index is 0.0166. The van der Waals surface area contributed by atoms with Gasteiger partial charge in [-0.1, -0.05) is 13.8 Å². The maximum atomic E-state index is 11.8. The minimum atomic E-state index is -0.0166. The molecular formula is C16H22N2O3. The van der Waals surface area contributed by atoms with Gasteiger partial charge < -0.3 is 15.0 Å². The van der Waals surface area contributed by atoms with Crippen molar-refractivity contribution in [1.29, 1.82) is 0 Å². The number of carbonyl (C=O) groups is 2. The summed E-state index contributed by atoms with van der Waals surface area (Å²) in [5, 5.41) is 2.85. The number of hydrogen-bond acceptors (Lipinski definition) is 3. The van der Waals surface area contributed by atoms with E-state index in [1.807, 2.05) is 26.0 Å². The van der Waals surface area contributed by atoms with E-state index < -0.39 is 0 Å². The van der Waals surface area contributed by atoms with Crippen molar-refractivity contribution in [2.75, 3.05) is 23.9 Å². The Bertz CT molecular complexity index is 540. The number of nitrogens with one attached hydrogen (secondary N) is 1. The summed E-state index contributed by atoms with van der Waals surface area (Å²) >= 11 is 0. The first-order valence-corrected chi connectivity index (χ1v) is 7.29. The highest BCUT2D eigenvalue weighted by Crippen LogP contribution is 2.33. The molecule has 0 unspecified atom stereocenters. The van der Waals surface area contributed by atoms with E-state index >= 15 is 0 Å². The summed E-state index contributed by atoms with van der Waals surface area (Å²) in [6, 6.07) is 5.40. The molecule has 1 aliphatic rings. The lowest BCUT2D eigenvalue weighted by Crippen LogP contribution is -2.24. The van der Waals surface area contributed by atoms with Gasteiger partial charge in [0.2, 0.25) is 11.8 Å². The van der Waals surface area contributed by atoms with Crippen molar-refractivity contribution in [1.82, 2.24) is 0 Å². The Balaban J connectivity index is 2.16. The molecule has 0 aromatic heterocycles. The van der Waals surface area contributed by atoms with E-state index in [9.17, 15) is 9.59 Å². The van der Waals surface area contributed by atoms with Crippen LogP contribution in [-0.2, 0) is 9.59 Å². The zero-order valence-corrected chi connectivity index (χ0v) is 12.8. The Labute approximate surface area is 125 Å². The summed E-state index contributed by atoms with van der Waals surface area (Å²) in [5.74, 6) is 1.02. The summed E-state index contributed by atoms with van der Waals surface area (Å²) in [5.41, 5.74) is 1.45. The summed E-state index contributed by atoms with van der Waals surface area (Å²) in [6.07, 6.45) is 1.93.